The third kappa shape index (κ3) is 14.9. The SMILES string of the molecule is C=CCC(C)C(=C)NC(CSC/C=C(\C)CC/C=C(\C)CCC=C(C)C)C(=O)O. The van der Waals surface area contributed by atoms with E-state index in [-0.39, 0.29) is 5.92 Å². The number of carbonyl (C=O) groups is 1. The first-order chi connectivity index (χ1) is 13.7. The van der Waals surface area contributed by atoms with Gasteiger partial charge in [-0.25, -0.2) is 4.79 Å². The zero-order valence-corrected chi connectivity index (χ0v) is 19.9. The highest BCUT2D eigenvalue weighted by molar-refractivity contribution is 7.99. The molecular weight excluding hydrogens is 378 g/mol. The minimum Gasteiger partial charge on any atom is -0.480 e. The van der Waals surface area contributed by atoms with Crippen molar-refractivity contribution in [1.29, 1.82) is 0 Å². The number of carboxylic acid groups (broad SMARTS) is 1. The van der Waals surface area contributed by atoms with Crippen LogP contribution < -0.4 is 5.32 Å². The van der Waals surface area contributed by atoms with Crippen molar-refractivity contribution < 1.29 is 9.90 Å². The standard InChI is InChI=1S/C25H41NO2S/c1-8-11-22(6)23(7)26-24(25(27)28)18-29-17-16-21(5)15-10-14-20(4)13-9-12-19(2)3/h8,12,14,16,22,24,26H,1,7,9-11,13,15,17-18H2,2-6H3,(H,27,28)/b20-14+,21-16+. The van der Waals surface area contributed by atoms with E-state index in [1.165, 1.54) is 16.7 Å². The molecule has 3 nitrogen and oxygen atoms in total. The van der Waals surface area contributed by atoms with Crippen molar-refractivity contribution in [2.24, 2.45) is 5.92 Å². The number of carboxylic acids is 1. The summed E-state index contributed by atoms with van der Waals surface area (Å²) in [6, 6.07) is -0.611. The second kappa shape index (κ2) is 16.2. The Hall–Kier alpha value is -1.68. The van der Waals surface area contributed by atoms with Crippen LogP contribution in [0.5, 0.6) is 0 Å². The molecule has 2 N–H and O–H groups in total. The van der Waals surface area contributed by atoms with E-state index < -0.39 is 12.0 Å². The lowest BCUT2D eigenvalue weighted by molar-refractivity contribution is -0.138. The predicted octanol–water partition coefficient (Wildman–Crippen LogP) is 6.91. The van der Waals surface area contributed by atoms with Crippen LogP contribution in [0.4, 0.5) is 0 Å². The average Bonchev–Trinajstić information content (AvgIpc) is 2.63. The number of hydrogen-bond acceptors (Lipinski definition) is 3. The van der Waals surface area contributed by atoms with Gasteiger partial charge in [0.1, 0.15) is 6.04 Å². The lowest BCUT2D eigenvalue weighted by Gasteiger charge is -2.20. The summed E-state index contributed by atoms with van der Waals surface area (Å²) in [4.78, 5) is 11.5. The molecule has 4 heteroatoms. The first-order valence-corrected chi connectivity index (χ1v) is 11.6. The van der Waals surface area contributed by atoms with E-state index in [9.17, 15) is 9.90 Å². The van der Waals surface area contributed by atoms with Crippen LogP contribution in [-0.4, -0.2) is 28.6 Å². The highest BCUT2D eigenvalue weighted by atomic mass is 32.2. The molecule has 2 unspecified atom stereocenters. The largest absolute Gasteiger partial charge is 0.480 e. The van der Waals surface area contributed by atoms with Crippen molar-refractivity contribution in [3.8, 4) is 0 Å². The summed E-state index contributed by atoms with van der Waals surface area (Å²) >= 11 is 1.64. The van der Waals surface area contributed by atoms with Gasteiger partial charge in [-0.15, -0.1) is 6.58 Å². The first kappa shape index (κ1) is 27.3. The quantitative estimate of drug-likeness (QED) is 0.211. The number of allylic oxidation sites excluding steroid dienone is 7. The van der Waals surface area contributed by atoms with E-state index in [4.69, 9.17) is 0 Å². The molecule has 0 aromatic heterocycles. The lowest BCUT2D eigenvalue weighted by Crippen LogP contribution is -2.39. The number of hydrogen-bond donors (Lipinski definition) is 2. The van der Waals surface area contributed by atoms with Gasteiger partial charge in [-0.2, -0.15) is 11.8 Å². The third-order valence-corrected chi connectivity index (χ3v) is 5.70. The van der Waals surface area contributed by atoms with Gasteiger partial charge < -0.3 is 10.4 Å². The third-order valence-electron chi connectivity index (χ3n) is 4.73. The molecule has 0 saturated carbocycles. The van der Waals surface area contributed by atoms with E-state index in [1.54, 1.807) is 11.8 Å². The van der Waals surface area contributed by atoms with Gasteiger partial charge >= 0.3 is 5.97 Å². The van der Waals surface area contributed by atoms with Crippen molar-refractivity contribution in [3.63, 3.8) is 0 Å². The Labute approximate surface area is 183 Å². The van der Waals surface area contributed by atoms with E-state index in [0.29, 0.717) is 5.75 Å². The molecule has 0 aromatic rings. The number of nitrogens with one attached hydrogen (secondary N) is 1. The van der Waals surface area contributed by atoms with E-state index >= 15 is 0 Å². The minimum absolute atomic E-state index is 0.181. The van der Waals surface area contributed by atoms with E-state index in [0.717, 1.165) is 43.6 Å². The van der Waals surface area contributed by atoms with Crippen molar-refractivity contribution >= 4 is 17.7 Å². The molecular formula is C25H41NO2S. The van der Waals surface area contributed by atoms with E-state index in [2.05, 4.69) is 64.4 Å². The van der Waals surface area contributed by atoms with Crippen LogP contribution in [0.2, 0.25) is 0 Å². The van der Waals surface area contributed by atoms with Gasteiger partial charge in [-0.1, -0.05) is 54.5 Å². The maximum Gasteiger partial charge on any atom is 0.326 e. The van der Waals surface area contributed by atoms with Crippen LogP contribution in [0.25, 0.3) is 0 Å². The molecule has 0 spiro atoms. The summed E-state index contributed by atoms with van der Waals surface area (Å²) in [5, 5.41) is 12.5. The topological polar surface area (TPSA) is 49.3 Å². The fourth-order valence-electron chi connectivity index (χ4n) is 2.66. The molecule has 0 rings (SSSR count). The van der Waals surface area contributed by atoms with Crippen LogP contribution in [-0.2, 0) is 4.79 Å². The molecule has 164 valence electrons. The van der Waals surface area contributed by atoms with Crippen LogP contribution in [0.1, 0.15) is 66.7 Å². The van der Waals surface area contributed by atoms with Crippen LogP contribution in [0, 0.1) is 5.92 Å². The molecule has 2 atom stereocenters. The molecule has 0 amide bonds. The highest BCUT2D eigenvalue weighted by Crippen LogP contribution is 2.15. The van der Waals surface area contributed by atoms with Gasteiger partial charge in [0.25, 0.3) is 0 Å². The Morgan fingerprint density at radius 1 is 1.07 bits per heavy atom. The Bertz CT molecular complexity index is 612. The van der Waals surface area contributed by atoms with Gasteiger partial charge in [-0.3, -0.25) is 0 Å². The molecule has 0 radical (unpaired) electrons. The molecule has 0 aliphatic rings. The number of aliphatic carboxylic acids is 1. The molecule has 29 heavy (non-hydrogen) atoms. The van der Waals surface area contributed by atoms with Crippen LogP contribution in [0.15, 0.2) is 59.9 Å². The van der Waals surface area contributed by atoms with Gasteiger partial charge in [0.15, 0.2) is 0 Å². The smallest absolute Gasteiger partial charge is 0.326 e. The second-order valence-corrected chi connectivity index (χ2v) is 9.06. The van der Waals surface area contributed by atoms with Crippen molar-refractivity contribution in [3.05, 3.63) is 59.9 Å². The molecule has 0 heterocycles. The summed E-state index contributed by atoms with van der Waals surface area (Å²) in [6.45, 7) is 18.4. The van der Waals surface area contributed by atoms with Gasteiger partial charge in [0.05, 0.1) is 0 Å². The average molecular weight is 420 g/mol. The van der Waals surface area contributed by atoms with Gasteiger partial charge in [0.2, 0.25) is 0 Å². The Balaban J connectivity index is 4.27. The normalized spacial score (nSPS) is 14.1. The molecule has 0 aromatic carbocycles. The van der Waals surface area contributed by atoms with Crippen molar-refractivity contribution in [2.75, 3.05) is 11.5 Å². The number of thioether (sulfide) groups is 1. The second-order valence-electron chi connectivity index (χ2n) is 7.98. The molecule has 0 aliphatic heterocycles. The predicted molar refractivity (Wildman–Crippen MR) is 130 cm³/mol. The first-order valence-electron chi connectivity index (χ1n) is 10.5. The summed E-state index contributed by atoms with van der Waals surface area (Å²) in [7, 11) is 0. The summed E-state index contributed by atoms with van der Waals surface area (Å²) in [5.41, 5.74) is 4.95. The maximum atomic E-state index is 11.5. The van der Waals surface area contributed by atoms with Crippen molar-refractivity contribution in [1.82, 2.24) is 5.32 Å². The Morgan fingerprint density at radius 3 is 2.21 bits per heavy atom. The van der Waals surface area contributed by atoms with Crippen LogP contribution >= 0.6 is 11.8 Å². The van der Waals surface area contributed by atoms with Crippen molar-refractivity contribution in [2.45, 2.75) is 72.8 Å². The molecule has 0 aliphatic carbocycles. The Kier molecular flexibility index (Phi) is 15.2. The fraction of sp³-hybridized carbons (Fsp3) is 0.560. The Morgan fingerprint density at radius 2 is 1.66 bits per heavy atom. The molecule has 0 saturated heterocycles. The zero-order valence-electron chi connectivity index (χ0n) is 19.1. The minimum atomic E-state index is -0.834. The zero-order chi connectivity index (χ0) is 22.2. The van der Waals surface area contributed by atoms with E-state index in [1.807, 2.05) is 13.0 Å². The number of rotatable bonds is 16. The van der Waals surface area contributed by atoms with Gasteiger partial charge in [0, 0.05) is 17.2 Å². The molecule has 0 fully saturated rings. The molecule has 0 bridgehead atoms. The monoisotopic (exact) mass is 419 g/mol. The summed E-state index contributed by atoms with van der Waals surface area (Å²) in [5.74, 6) is 0.691. The summed E-state index contributed by atoms with van der Waals surface area (Å²) in [6.07, 6.45) is 13.8. The van der Waals surface area contributed by atoms with Gasteiger partial charge in [-0.05, 0) is 65.7 Å². The highest BCUT2D eigenvalue weighted by Gasteiger charge is 2.19. The maximum absolute atomic E-state index is 11.5. The summed E-state index contributed by atoms with van der Waals surface area (Å²) < 4.78 is 0. The van der Waals surface area contributed by atoms with Crippen LogP contribution in [0.3, 0.4) is 0 Å². The fourth-order valence-corrected chi connectivity index (χ4v) is 3.66. The lowest BCUT2D eigenvalue weighted by atomic mass is 10.0.